The molecule has 0 amide bonds. The van der Waals surface area contributed by atoms with Gasteiger partial charge in [0.05, 0.1) is 0 Å². The number of rotatable bonds is 0. The van der Waals surface area contributed by atoms with Crippen LogP contribution in [0.25, 0.3) is 0 Å². The maximum atomic E-state index is 7.00. The first-order chi connectivity index (χ1) is 1.00. The molecule has 30 valence electrons. The topological polar surface area (TPSA) is 20.2 Å². The second kappa shape index (κ2) is 33.0. The van der Waals surface area contributed by atoms with Gasteiger partial charge in [-0.3, -0.25) is 0 Å². The fourth-order valence-corrected chi connectivity index (χ4v) is 0. The number of halogens is 2. The standard InChI is InChI=1S/CH4O.Cd.2HI/c1-2;;;/h2H,1H3;;2*1H/q;+2;;/p-2. The molecule has 0 rings (SSSR count). The minimum absolute atomic E-state index is 0. The van der Waals surface area contributed by atoms with Crippen LogP contribution in [-0.4, -0.2) is 12.2 Å². The first kappa shape index (κ1) is 26.4. The summed E-state index contributed by atoms with van der Waals surface area (Å²) in [5, 5.41) is 7.00. The van der Waals surface area contributed by atoms with Gasteiger partial charge in [0.1, 0.15) is 0 Å². The molecule has 0 aromatic heterocycles. The SMILES string of the molecule is CO.[Cd+2].[I-].[I-]. The molecule has 0 aliphatic rings. The second-order valence-corrected chi connectivity index (χ2v) is 0. The minimum Gasteiger partial charge on any atom is -1.00 e. The van der Waals surface area contributed by atoms with E-state index in [-0.39, 0.29) is 75.3 Å². The van der Waals surface area contributed by atoms with Gasteiger partial charge in [-0.15, -0.1) is 0 Å². The first-order valence-corrected chi connectivity index (χ1v) is 0.447. The first-order valence-electron chi connectivity index (χ1n) is 0.447. The fraction of sp³-hybridized carbons (Fsp3) is 1.00. The Kier molecular flexibility index (Phi) is 174. The maximum absolute atomic E-state index is 7.00. The van der Waals surface area contributed by atoms with Crippen molar-refractivity contribution in [1.29, 1.82) is 0 Å². The van der Waals surface area contributed by atoms with E-state index in [2.05, 4.69) is 0 Å². The smallest absolute Gasteiger partial charge is 1.00 e. The molecule has 0 aromatic rings. The third kappa shape index (κ3) is 21.8. The molecular formula is CH4CdI2O. The Morgan fingerprint density at radius 3 is 1.00 bits per heavy atom. The van der Waals surface area contributed by atoms with E-state index in [4.69, 9.17) is 5.11 Å². The Morgan fingerprint density at radius 2 is 1.00 bits per heavy atom. The molecule has 1 N–H and O–H groups in total. The average Bonchev–Trinajstić information content (AvgIpc) is 1.00. The van der Waals surface area contributed by atoms with E-state index in [1.807, 2.05) is 0 Å². The second-order valence-electron chi connectivity index (χ2n) is 0. The van der Waals surface area contributed by atoms with Gasteiger partial charge in [-0.2, -0.15) is 0 Å². The van der Waals surface area contributed by atoms with Gasteiger partial charge in [-0.1, -0.05) is 0 Å². The van der Waals surface area contributed by atoms with Gasteiger partial charge >= 0.3 is 27.3 Å². The molecule has 5 heavy (non-hydrogen) atoms. The molecule has 0 radical (unpaired) electrons. The van der Waals surface area contributed by atoms with E-state index in [9.17, 15) is 0 Å². The Labute approximate surface area is 86.1 Å². The van der Waals surface area contributed by atoms with Crippen LogP contribution in [0.4, 0.5) is 0 Å². The summed E-state index contributed by atoms with van der Waals surface area (Å²) in [7, 11) is 1.00. The Morgan fingerprint density at radius 1 is 1.00 bits per heavy atom. The van der Waals surface area contributed by atoms with Crippen LogP contribution in [0.1, 0.15) is 0 Å². The molecule has 0 saturated carbocycles. The van der Waals surface area contributed by atoms with Gasteiger partial charge in [0.25, 0.3) is 0 Å². The molecule has 0 spiro atoms. The summed E-state index contributed by atoms with van der Waals surface area (Å²) in [4.78, 5) is 0. The maximum Gasteiger partial charge on any atom is 2.00 e. The summed E-state index contributed by atoms with van der Waals surface area (Å²) in [6, 6.07) is 0. The van der Waals surface area contributed by atoms with Crippen molar-refractivity contribution in [3.05, 3.63) is 0 Å². The van der Waals surface area contributed by atoms with Crippen molar-refractivity contribution < 1.29 is 80.4 Å². The van der Waals surface area contributed by atoms with Crippen molar-refractivity contribution in [2.24, 2.45) is 0 Å². The summed E-state index contributed by atoms with van der Waals surface area (Å²) >= 11 is 0. The van der Waals surface area contributed by atoms with E-state index in [0.717, 1.165) is 7.11 Å². The summed E-state index contributed by atoms with van der Waals surface area (Å²) in [5.41, 5.74) is 0. The predicted molar refractivity (Wildman–Crippen MR) is 8.14 cm³/mol. The zero-order valence-electron chi connectivity index (χ0n) is 2.91. The van der Waals surface area contributed by atoms with Gasteiger partial charge < -0.3 is 53.1 Å². The molecule has 1 nitrogen and oxygen atoms in total. The average molecular weight is 398 g/mol. The Balaban J connectivity index is -0.00000000167. The Bertz CT molecular complexity index is 9.61. The molecule has 0 aromatic carbocycles. The molecular weight excluding hydrogens is 394 g/mol. The van der Waals surface area contributed by atoms with E-state index in [1.54, 1.807) is 0 Å². The minimum atomic E-state index is 0. The van der Waals surface area contributed by atoms with E-state index in [1.165, 1.54) is 0 Å². The molecule has 0 saturated heterocycles. The normalized spacial score (nSPS) is 1.20. The molecule has 0 fully saturated rings. The number of aliphatic hydroxyl groups is 1. The van der Waals surface area contributed by atoms with Crippen LogP contribution in [0, 0.1) is 0 Å². The monoisotopic (exact) mass is 400 g/mol. The summed E-state index contributed by atoms with van der Waals surface area (Å²) < 4.78 is 0. The molecule has 0 aliphatic carbocycles. The van der Waals surface area contributed by atoms with Crippen LogP contribution < -0.4 is 48.0 Å². The molecule has 0 bridgehead atoms. The fourth-order valence-electron chi connectivity index (χ4n) is 0. The van der Waals surface area contributed by atoms with Crippen LogP contribution in [0.2, 0.25) is 0 Å². The number of hydrogen-bond donors (Lipinski definition) is 1. The number of aliphatic hydroxyl groups excluding tert-OH is 1. The van der Waals surface area contributed by atoms with E-state index >= 15 is 0 Å². The zero-order chi connectivity index (χ0) is 2.00. The molecule has 0 unspecified atom stereocenters. The Hall–Kier alpha value is 2.34. The third-order valence-corrected chi connectivity index (χ3v) is 0. The van der Waals surface area contributed by atoms with E-state index in [0.29, 0.717) is 0 Å². The van der Waals surface area contributed by atoms with Crippen LogP contribution in [0.3, 0.4) is 0 Å². The largest absolute Gasteiger partial charge is 2.00 e. The molecule has 0 heterocycles. The van der Waals surface area contributed by atoms with Crippen LogP contribution in [0.15, 0.2) is 0 Å². The van der Waals surface area contributed by atoms with Gasteiger partial charge in [0, 0.05) is 7.11 Å². The van der Waals surface area contributed by atoms with Gasteiger partial charge in [-0.05, 0) is 0 Å². The van der Waals surface area contributed by atoms with Gasteiger partial charge in [0.15, 0.2) is 0 Å². The van der Waals surface area contributed by atoms with Gasteiger partial charge in [-0.25, -0.2) is 0 Å². The predicted octanol–water partition coefficient (Wildman–Crippen LogP) is -6.39. The quantitative estimate of drug-likeness (QED) is 0.318. The third-order valence-electron chi connectivity index (χ3n) is 0. The van der Waals surface area contributed by atoms with Gasteiger partial charge in [0.2, 0.25) is 0 Å². The van der Waals surface area contributed by atoms with Crippen LogP contribution in [-0.2, 0) is 27.3 Å². The number of hydrogen-bond acceptors (Lipinski definition) is 1. The van der Waals surface area contributed by atoms with Crippen molar-refractivity contribution in [2.75, 3.05) is 7.11 Å². The summed E-state index contributed by atoms with van der Waals surface area (Å²) in [6.07, 6.45) is 0. The van der Waals surface area contributed by atoms with Crippen molar-refractivity contribution in [1.82, 2.24) is 0 Å². The summed E-state index contributed by atoms with van der Waals surface area (Å²) in [5.74, 6) is 0. The van der Waals surface area contributed by atoms with E-state index < -0.39 is 0 Å². The zero-order valence-corrected chi connectivity index (χ0v) is 11.3. The molecule has 0 aliphatic heterocycles. The van der Waals surface area contributed by atoms with Crippen molar-refractivity contribution >= 4 is 0 Å². The summed E-state index contributed by atoms with van der Waals surface area (Å²) in [6.45, 7) is 0. The molecule has 0 atom stereocenters. The van der Waals surface area contributed by atoms with Crippen molar-refractivity contribution in [2.45, 2.75) is 0 Å². The van der Waals surface area contributed by atoms with Crippen molar-refractivity contribution in [3.63, 3.8) is 0 Å². The van der Waals surface area contributed by atoms with Crippen molar-refractivity contribution in [3.8, 4) is 0 Å². The van der Waals surface area contributed by atoms with Crippen LogP contribution >= 0.6 is 0 Å². The molecule has 4 heteroatoms. The van der Waals surface area contributed by atoms with Crippen LogP contribution in [0.5, 0.6) is 0 Å².